The Morgan fingerprint density at radius 1 is 1.46 bits per heavy atom. The number of hydrogen-bond acceptors (Lipinski definition) is 6. The van der Waals surface area contributed by atoms with Crippen LogP contribution in [-0.4, -0.2) is 48.1 Å². The molecule has 0 aromatic carbocycles. The Morgan fingerprint density at radius 3 is 2.88 bits per heavy atom. The van der Waals surface area contributed by atoms with E-state index >= 15 is 0 Å². The van der Waals surface area contributed by atoms with Gasteiger partial charge in [-0.3, -0.25) is 9.59 Å². The SMILES string of the molecule is COC(=O)C(CCCCN1C(=O)CSC1c1cccs1)NC(C)=O. The molecule has 1 aliphatic rings. The molecule has 1 aromatic rings. The highest BCUT2D eigenvalue weighted by molar-refractivity contribution is 8.00. The van der Waals surface area contributed by atoms with Crippen molar-refractivity contribution in [3.8, 4) is 0 Å². The number of carbonyl (C=O) groups excluding carboxylic acids is 3. The molecule has 2 atom stereocenters. The summed E-state index contributed by atoms with van der Waals surface area (Å²) in [6.07, 6.45) is 2.01. The molecule has 0 saturated carbocycles. The van der Waals surface area contributed by atoms with Gasteiger partial charge in [0.25, 0.3) is 0 Å². The van der Waals surface area contributed by atoms with Crippen molar-refractivity contribution in [1.29, 1.82) is 0 Å². The Kier molecular flexibility index (Phi) is 7.11. The first-order valence-electron chi connectivity index (χ1n) is 7.82. The number of nitrogens with zero attached hydrogens (tertiary/aromatic N) is 1. The summed E-state index contributed by atoms with van der Waals surface area (Å²) in [5.74, 6) is -0.0206. The first-order chi connectivity index (χ1) is 11.5. The average molecular weight is 370 g/mol. The van der Waals surface area contributed by atoms with Crippen molar-refractivity contribution in [2.45, 2.75) is 37.6 Å². The van der Waals surface area contributed by atoms with Crippen LogP contribution in [0.1, 0.15) is 36.4 Å². The molecule has 2 heterocycles. The van der Waals surface area contributed by atoms with Gasteiger partial charge >= 0.3 is 5.97 Å². The average Bonchev–Trinajstić information content (AvgIpc) is 3.19. The summed E-state index contributed by atoms with van der Waals surface area (Å²) < 4.78 is 4.71. The van der Waals surface area contributed by atoms with Crippen LogP contribution in [-0.2, 0) is 19.1 Å². The Morgan fingerprint density at radius 2 is 2.25 bits per heavy atom. The van der Waals surface area contributed by atoms with Crippen molar-refractivity contribution >= 4 is 40.9 Å². The summed E-state index contributed by atoms with van der Waals surface area (Å²) in [5, 5.41) is 4.72. The lowest BCUT2D eigenvalue weighted by Gasteiger charge is -2.23. The molecule has 2 amide bonds. The number of unbranched alkanes of at least 4 members (excludes halogenated alkanes) is 1. The van der Waals surface area contributed by atoms with Crippen molar-refractivity contribution in [3.63, 3.8) is 0 Å². The summed E-state index contributed by atoms with van der Waals surface area (Å²) in [5.41, 5.74) is 0. The van der Waals surface area contributed by atoms with E-state index in [9.17, 15) is 14.4 Å². The van der Waals surface area contributed by atoms with Crippen LogP contribution in [0.2, 0.25) is 0 Å². The van der Waals surface area contributed by atoms with Crippen LogP contribution >= 0.6 is 23.1 Å². The first-order valence-corrected chi connectivity index (χ1v) is 9.75. The molecule has 1 saturated heterocycles. The molecule has 8 heteroatoms. The number of amides is 2. The Hall–Kier alpha value is -1.54. The van der Waals surface area contributed by atoms with E-state index in [1.54, 1.807) is 23.1 Å². The van der Waals surface area contributed by atoms with Gasteiger partial charge < -0.3 is 15.0 Å². The van der Waals surface area contributed by atoms with E-state index in [0.29, 0.717) is 18.7 Å². The maximum atomic E-state index is 12.1. The summed E-state index contributed by atoms with van der Waals surface area (Å²) in [6.45, 7) is 2.03. The van der Waals surface area contributed by atoms with Gasteiger partial charge in [-0.2, -0.15) is 0 Å². The second kappa shape index (κ2) is 9.08. The van der Waals surface area contributed by atoms with Crippen LogP contribution in [0.3, 0.4) is 0 Å². The van der Waals surface area contributed by atoms with Gasteiger partial charge in [-0.05, 0) is 30.7 Å². The first kappa shape index (κ1) is 18.8. The maximum absolute atomic E-state index is 12.1. The molecular formula is C16H22N2O4S2. The zero-order valence-electron chi connectivity index (χ0n) is 13.8. The predicted molar refractivity (Wildman–Crippen MR) is 94.7 cm³/mol. The fraction of sp³-hybridized carbons (Fsp3) is 0.562. The molecule has 132 valence electrons. The molecule has 1 fully saturated rings. The smallest absolute Gasteiger partial charge is 0.328 e. The van der Waals surface area contributed by atoms with E-state index in [4.69, 9.17) is 4.74 Å². The number of methoxy groups -OCH3 is 1. The van der Waals surface area contributed by atoms with Crippen LogP contribution in [0.5, 0.6) is 0 Å². The van der Waals surface area contributed by atoms with E-state index < -0.39 is 12.0 Å². The van der Waals surface area contributed by atoms with E-state index in [1.165, 1.54) is 18.9 Å². The minimum absolute atomic E-state index is 0.101. The van der Waals surface area contributed by atoms with Gasteiger partial charge in [0.05, 0.1) is 12.9 Å². The number of rotatable bonds is 8. The summed E-state index contributed by atoms with van der Waals surface area (Å²) in [6, 6.07) is 3.43. The van der Waals surface area contributed by atoms with Gasteiger partial charge in [0, 0.05) is 18.3 Å². The minimum atomic E-state index is -0.621. The van der Waals surface area contributed by atoms with Crippen LogP contribution < -0.4 is 5.32 Å². The normalized spacial score (nSPS) is 18.5. The zero-order chi connectivity index (χ0) is 17.5. The third-order valence-corrected chi connectivity index (χ3v) is 6.07. The summed E-state index contributed by atoms with van der Waals surface area (Å²) in [4.78, 5) is 38.0. The highest BCUT2D eigenvalue weighted by atomic mass is 32.2. The van der Waals surface area contributed by atoms with Crippen LogP contribution in [0, 0.1) is 0 Å². The van der Waals surface area contributed by atoms with Gasteiger partial charge in [-0.25, -0.2) is 4.79 Å². The molecule has 1 aliphatic heterocycles. The number of ether oxygens (including phenoxy) is 1. The second-order valence-corrected chi connectivity index (χ2v) is 7.59. The standard InChI is InChI=1S/C16H22N2O4S2/c1-11(19)17-12(16(21)22-2)6-3-4-8-18-14(20)10-24-15(18)13-7-5-9-23-13/h5,7,9,12,15H,3-4,6,8,10H2,1-2H3,(H,17,19). The molecule has 6 nitrogen and oxygen atoms in total. The molecule has 1 N–H and O–H groups in total. The molecular weight excluding hydrogens is 348 g/mol. The molecule has 0 aliphatic carbocycles. The summed E-state index contributed by atoms with van der Waals surface area (Å²) >= 11 is 3.31. The molecule has 1 aromatic heterocycles. The van der Waals surface area contributed by atoms with Gasteiger partial charge in [0.2, 0.25) is 11.8 Å². The van der Waals surface area contributed by atoms with E-state index in [-0.39, 0.29) is 17.2 Å². The lowest BCUT2D eigenvalue weighted by Crippen LogP contribution is -2.40. The molecule has 2 unspecified atom stereocenters. The maximum Gasteiger partial charge on any atom is 0.328 e. The van der Waals surface area contributed by atoms with Crippen molar-refractivity contribution < 1.29 is 19.1 Å². The Labute approximate surface area is 149 Å². The third kappa shape index (κ3) is 4.98. The molecule has 24 heavy (non-hydrogen) atoms. The molecule has 0 spiro atoms. The van der Waals surface area contributed by atoms with Crippen LogP contribution in [0.4, 0.5) is 0 Å². The van der Waals surface area contributed by atoms with Crippen molar-refractivity contribution in [1.82, 2.24) is 10.2 Å². The third-order valence-electron chi connectivity index (χ3n) is 3.76. The fourth-order valence-electron chi connectivity index (χ4n) is 2.63. The molecule has 2 rings (SSSR count). The minimum Gasteiger partial charge on any atom is -0.467 e. The Bertz CT molecular complexity index is 577. The highest BCUT2D eigenvalue weighted by Crippen LogP contribution is 2.40. The topological polar surface area (TPSA) is 75.7 Å². The number of thiophene rings is 1. The van der Waals surface area contributed by atoms with Gasteiger partial charge in [-0.15, -0.1) is 23.1 Å². The fourth-order valence-corrected chi connectivity index (χ4v) is 4.83. The van der Waals surface area contributed by atoms with Crippen LogP contribution in [0.25, 0.3) is 0 Å². The molecule has 0 bridgehead atoms. The summed E-state index contributed by atoms with van der Waals surface area (Å²) in [7, 11) is 1.31. The Balaban J connectivity index is 1.82. The number of hydrogen-bond donors (Lipinski definition) is 1. The van der Waals surface area contributed by atoms with E-state index in [1.807, 2.05) is 16.3 Å². The van der Waals surface area contributed by atoms with Crippen LogP contribution in [0.15, 0.2) is 17.5 Å². The number of carbonyl (C=O) groups is 3. The largest absolute Gasteiger partial charge is 0.467 e. The van der Waals surface area contributed by atoms with Gasteiger partial charge in [-0.1, -0.05) is 6.07 Å². The van der Waals surface area contributed by atoms with E-state index in [0.717, 1.165) is 12.8 Å². The predicted octanol–water partition coefficient (Wildman–Crippen LogP) is 2.17. The lowest BCUT2D eigenvalue weighted by atomic mass is 10.1. The highest BCUT2D eigenvalue weighted by Gasteiger charge is 2.32. The van der Waals surface area contributed by atoms with Gasteiger partial charge in [0.1, 0.15) is 11.4 Å². The number of thioether (sulfide) groups is 1. The lowest BCUT2D eigenvalue weighted by molar-refractivity contribution is -0.145. The zero-order valence-corrected chi connectivity index (χ0v) is 15.5. The monoisotopic (exact) mass is 370 g/mol. The van der Waals surface area contributed by atoms with E-state index in [2.05, 4.69) is 11.4 Å². The van der Waals surface area contributed by atoms with Gasteiger partial charge in [0.15, 0.2) is 0 Å². The van der Waals surface area contributed by atoms with Crippen molar-refractivity contribution in [2.75, 3.05) is 19.4 Å². The van der Waals surface area contributed by atoms with Crippen molar-refractivity contribution in [2.24, 2.45) is 0 Å². The number of esters is 1. The molecule has 0 radical (unpaired) electrons. The quantitative estimate of drug-likeness (QED) is 0.561. The van der Waals surface area contributed by atoms with Crippen molar-refractivity contribution in [3.05, 3.63) is 22.4 Å². The second-order valence-electron chi connectivity index (χ2n) is 5.54. The number of nitrogens with one attached hydrogen (secondary N) is 1.